The Morgan fingerprint density at radius 3 is 2.71 bits per heavy atom. The van der Waals surface area contributed by atoms with Crippen LogP contribution >= 0.6 is 0 Å². The third-order valence-electron chi connectivity index (χ3n) is 3.28. The second-order valence-electron chi connectivity index (χ2n) is 4.61. The predicted molar refractivity (Wildman–Crippen MR) is 76.0 cm³/mol. The lowest BCUT2D eigenvalue weighted by Gasteiger charge is -2.03. The third-order valence-corrected chi connectivity index (χ3v) is 3.28. The Balaban J connectivity index is 1.86. The summed E-state index contributed by atoms with van der Waals surface area (Å²) in [6.07, 6.45) is 6.82. The molecule has 0 aliphatic heterocycles. The molecule has 106 valence electrons. The molecular formula is C15H14N4O2. The molecule has 0 spiro atoms. The van der Waals surface area contributed by atoms with Gasteiger partial charge in [0.2, 0.25) is 0 Å². The van der Waals surface area contributed by atoms with E-state index in [1.165, 1.54) is 12.7 Å². The molecule has 0 unspecified atom stereocenters. The van der Waals surface area contributed by atoms with Gasteiger partial charge < -0.3 is 4.74 Å². The molecule has 3 aromatic heterocycles. The van der Waals surface area contributed by atoms with Crippen molar-refractivity contribution in [3.8, 4) is 0 Å². The first-order chi connectivity index (χ1) is 10.3. The minimum Gasteiger partial charge on any atom is -0.465 e. The van der Waals surface area contributed by atoms with Crippen molar-refractivity contribution in [2.24, 2.45) is 0 Å². The number of ether oxygens (including phenoxy) is 1. The van der Waals surface area contributed by atoms with E-state index in [1.807, 2.05) is 16.5 Å². The monoisotopic (exact) mass is 282 g/mol. The van der Waals surface area contributed by atoms with E-state index >= 15 is 0 Å². The van der Waals surface area contributed by atoms with Crippen LogP contribution in [0.2, 0.25) is 0 Å². The van der Waals surface area contributed by atoms with E-state index in [1.54, 1.807) is 30.7 Å². The van der Waals surface area contributed by atoms with Gasteiger partial charge in [-0.25, -0.2) is 4.79 Å². The van der Waals surface area contributed by atoms with Gasteiger partial charge in [0.15, 0.2) is 5.65 Å². The van der Waals surface area contributed by atoms with Crippen LogP contribution in [0.15, 0.2) is 42.9 Å². The Kier molecular flexibility index (Phi) is 3.59. The second-order valence-corrected chi connectivity index (χ2v) is 4.61. The summed E-state index contributed by atoms with van der Waals surface area (Å²) in [5.74, 6) is 0.443. The number of nitrogens with zero attached hydrogens (tertiary/aromatic N) is 4. The number of hydrogen-bond donors (Lipinski definition) is 0. The standard InChI is InChI=1S/C15H14N4O2/c1-21-15(20)12-3-5-14-18-17-13(19(14)10-12)4-2-11-6-8-16-9-7-11/h3,5-10H,2,4H2,1H3. The van der Waals surface area contributed by atoms with Crippen molar-refractivity contribution in [3.63, 3.8) is 0 Å². The predicted octanol–water partition coefficient (Wildman–Crippen LogP) is 1.70. The Hall–Kier alpha value is -2.76. The molecular weight excluding hydrogens is 268 g/mol. The van der Waals surface area contributed by atoms with Gasteiger partial charge in [-0.2, -0.15) is 0 Å². The van der Waals surface area contributed by atoms with Crippen molar-refractivity contribution < 1.29 is 9.53 Å². The number of aromatic nitrogens is 4. The van der Waals surface area contributed by atoms with Gasteiger partial charge in [-0.3, -0.25) is 9.38 Å². The maximum atomic E-state index is 11.6. The number of aryl methyl sites for hydroxylation is 2. The molecule has 0 aliphatic rings. The zero-order chi connectivity index (χ0) is 14.7. The van der Waals surface area contributed by atoms with Crippen LogP contribution in [0.4, 0.5) is 0 Å². The molecule has 21 heavy (non-hydrogen) atoms. The zero-order valence-electron chi connectivity index (χ0n) is 11.6. The molecule has 3 aromatic rings. The molecule has 6 nitrogen and oxygen atoms in total. The van der Waals surface area contributed by atoms with Crippen molar-refractivity contribution in [2.75, 3.05) is 7.11 Å². The normalized spacial score (nSPS) is 10.7. The number of fused-ring (bicyclic) bond motifs is 1. The molecule has 0 fully saturated rings. The number of esters is 1. The lowest BCUT2D eigenvalue weighted by molar-refractivity contribution is 0.0600. The van der Waals surface area contributed by atoms with Crippen molar-refractivity contribution in [3.05, 3.63) is 59.8 Å². The van der Waals surface area contributed by atoms with Crippen LogP contribution in [0.1, 0.15) is 21.7 Å². The Labute approximate surface area is 121 Å². The summed E-state index contributed by atoms with van der Waals surface area (Å²) < 4.78 is 6.56. The Bertz CT molecular complexity index is 768. The van der Waals surface area contributed by atoms with Crippen LogP contribution in [0.25, 0.3) is 5.65 Å². The highest BCUT2D eigenvalue weighted by Crippen LogP contribution is 2.10. The summed E-state index contributed by atoms with van der Waals surface area (Å²) >= 11 is 0. The zero-order valence-corrected chi connectivity index (χ0v) is 11.6. The smallest absolute Gasteiger partial charge is 0.339 e. The van der Waals surface area contributed by atoms with E-state index in [0.29, 0.717) is 11.2 Å². The van der Waals surface area contributed by atoms with E-state index in [2.05, 4.69) is 15.2 Å². The van der Waals surface area contributed by atoms with Gasteiger partial charge in [-0.1, -0.05) is 0 Å². The molecule has 3 rings (SSSR count). The molecule has 3 heterocycles. The van der Waals surface area contributed by atoms with Crippen LogP contribution in [0, 0.1) is 0 Å². The summed E-state index contributed by atoms with van der Waals surface area (Å²) in [5, 5.41) is 8.29. The molecule has 0 aliphatic carbocycles. The molecule has 0 bridgehead atoms. The van der Waals surface area contributed by atoms with Gasteiger partial charge >= 0.3 is 5.97 Å². The van der Waals surface area contributed by atoms with Crippen molar-refractivity contribution in [1.82, 2.24) is 19.6 Å². The average molecular weight is 282 g/mol. The number of methoxy groups -OCH3 is 1. The highest BCUT2D eigenvalue weighted by Gasteiger charge is 2.10. The molecule has 6 heteroatoms. The Morgan fingerprint density at radius 1 is 1.14 bits per heavy atom. The number of carbonyl (C=O) groups is 1. The fourth-order valence-electron chi connectivity index (χ4n) is 2.15. The Morgan fingerprint density at radius 2 is 1.95 bits per heavy atom. The summed E-state index contributed by atoms with van der Waals surface area (Å²) in [7, 11) is 1.36. The molecule has 0 N–H and O–H groups in total. The molecule has 0 amide bonds. The number of rotatable bonds is 4. The van der Waals surface area contributed by atoms with Gasteiger partial charge in [-0.15, -0.1) is 10.2 Å². The van der Waals surface area contributed by atoms with Crippen LogP contribution in [0.3, 0.4) is 0 Å². The minimum absolute atomic E-state index is 0.370. The summed E-state index contributed by atoms with van der Waals surface area (Å²) in [6.45, 7) is 0. The maximum absolute atomic E-state index is 11.6. The SMILES string of the molecule is COC(=O)c1ccc2nnc(CCc3ccncc3)n2c1. The third kappa shape index (κ3) is 2.74. The molecule has 0 saturated carbocycles. The first-order valence-electron chi connectivity index (χ1n) is 6.59. The second kappa shape index (κ2) is 5.70. The first kappa shape index (κ1) is 13.2. The van der Waals surface area contributed by atoms with Crippen LogP contribution in [0.5, 0.6) is 0 Å². The van der Waals surface area contributed by atoms with E-state index < -0.39 is 0 Å². The quantitative estimate of drug-likeness (QED) is 0.681. The van der Waals surface area contributed by atoms with E-state index in [0.717, 1.165) is 18.7 Å². The van der Waals surface area contributed by atoms with Gasteiger partial charge in [-0.05, 0) is 36.2 Å². The van der Waals surface area contributed by atoms with Crippen LogP contribution in [-0.4, -0.2) is 32.7 Å². The number of pyridine rings is 2. The van der Waals surface area contributed by atoms with Crippen molar-refractivity contribution in [1.29, 1.82) is 0 Å². The van der Waals surface area contributed by atoms with Crippen LogP contribution < -0.4 is 0 Å². The summed E-state index contributed by atoms with van der Waals surface area (Å²) in [6, 6.07) is 7.39. The van der Waals surface area contributed by atoms with Gasteiger partial charge in [0.05, 0.1) is 12.7 Å². The fraction of sp³-hybridized carbons (Fsp3) is 0.200. The van der Waals surface area contributed by atoms with Crippen molar-refractivity contribution in [2.45, 2.75) is 12.8 Å². The maximum Gasteiger partial charge on any atom is 0.339 e. The van der Waals surface area contributed by atoms with Gasteiger partial charge in [0, 0.05) is 25.0 Å². The molecule has 0 aromatic carbocycles. The van der Waals surface area contributed by atoms with Crippen LogP contribution in [-0.2, 0) is 17.6 Å². The van der Waals surface area contributed by atoms with E-state index in [-0.39, 0.29) is 5.97 Å². The summed E-state index contributed by atoms with van der Waals surface area (Å²) in [4.78, 5) is 15.6. The molecule has 0 radical (unpaired) electrons. The number of carbonyl (C=O) groups excluding carboxylic acids is 1. The summed E-state index contributed by atoms with van der Waals surface area (Å²) in [5.41, 5.74) is 2.38. The first-order valence-corrected chi connectivity index (χ1v) is 6.59. The largest absolute Gasteiger partial charge is 0.465 e. The lowest BCUT2D eigenvalue weighted by atomic mass is 10.1. The van der Waals surface area contributed by atoms with E-state index in [4.69, 9.17) is 4.74 Å². The average Bonchev–Trinajstić information content (AvgIpc) is 2.95. The van der Waals surface area contributed by atoms with E-state index in [9.17, 15) is 4.79 Å². The van der Waals surface area contributed by atoms with Gasteiger partial charge in [0.25, 0.3) is 0 Å². The number of hydrogen-bond acceptors (Lipinski definition) is 5. The lowest BCUT2D eigenvalue weighted by Crippen LogP contribution is -2.04. The fourth-order valence-corrected chi connectivity index (χ4v) is 2.15. The highest BCUT2D eigenvalue weighted by molar-refractivity contribution is 5.89. The highest BCUT2D eigenvalue weighted by atomic mass is 16.5. The molecule has 0 atom stereocenters. The minimum atomic E-state index is -0.370. The van der Waals surface area contributed by atoms with Crippen molar-refractivity contribution >= 4 is 11.6 Å². The topological polar surface area (TPSA) is 69.4 Å². The molecule has 0 saturated heterocycles. The van der Waals surface area contributed by atoms with Gasteiger partial charge in [0.1, 0.15) is 5.82 Å².